The third-order valence-corrected chi connectivity index (χ3v) is 3.32. The molecule has 0 spiro atoms. The minimum absolute atomic E-state index is 0.291. The highest BCUT2D eigenvalue weighted by Gasteiger charge is 2.11. The molecule has 0 saturated heterocycles. The van der Waals surface area contributed by atoms with E-state index in [4.69, 9.17) is 11.6 Å². The molecule has 108 valence electrons. The fourth-order valence-corrected chi connectivity index (χ4v) is 2.25. The minimum atomic E-state index is 0.291. The number of anilines is 1. The molecule has 0 radical (unpaired) electrons. The van der Waals surface area contributed by atoms with Gasteiger partial charge in [0.2, 0.25) is 0 Å². The summed E-state index contributed by atoms with van der Waals surface area (Å²) >= 11 is 6.07. The number of hydrogen-bond acceptors (Lipinski definition) is 3. The van der Waals surface area contributed by atoms with E-state index in [2.05, 4.69) is 43.0 Å². The second kappa shape index (κ2) is 8.36. The van der Waals surface area contributed by atoms with Gasteiger partial charge in [-0.25, -0.2) is 9.97 Å². The van der Waals surface area contributed by atoms with E-state index in [1.807, 2.05) is 6.07 Å². The van der Waals surface area contributed by atoms with Gasteiger partial charge in [-0.15, -0.1) is 0 Å². The topological polar surface area (TPSA) is 37.8 Å². The molecule has 4 heteroatoms. The van der Waals surface area contributed by atoms with E-state index in [1.54, 1.807) is 0 Å². The van der Waals surface area contributed by atoms with Crippen LogP contribution >= 0.6 is 11.6 Å². The molecule has 3 nitrogen and oxygen atoms in total. The van der Waals surface area contributed by atoms with Gasteiger partial charge in [0.1, 0.15) is 16.8 Å². The van der Waals surface area contributed by atoms with Crippen molar-refractivity contribution in [1.29, 1.82) is 0 Å². The van der Waals surface area contributed by atoms with Crippen molar-refractivity contribution in [2.45, 2.75) is 71.8 Å². The highest BCUT2D eigenvalue weighted by molar-refractivity contribution is 6.29. The Morgan fingerprint density at radius 3 is 2.47 bits per heavy atom. The molecule has 1 rings (SSSR count). The first-order chi connectivity index (χ1) is 9.06. The van der Waals surface area contributed by atoms with E-state index in [1.165, 1.54) is 32.1 Å². The Bertz CT molecular complexity index is 380. The summed E-state index contributed by atoms with van der Waals surface area (Å²) in [6.45, 7) is 8.60. The van der Waals surface area contributed by atoms with Crippen LogP contribution in [0.15, 0.2) is 6.07 Å². The first-order valence-corrected chi connectivity index (χ1v) is 7.75. The number of unbranched alkanes of at least 4 members (excludes halogenated alkanes) is 1. The summed E-state index contributed by atoms with van der Waals surface area (Å²) in [6.07, 6.45) is 6.00. The predicted molar refractivity (Wildman–Crippen MR) is 83.0 cm³/mol. The lowest BCUT2D eigenvalue weighted by Gasteiger charge is -2.19. The number of nitrogens with zero attached hydrogens (tertiary/aromatic N) is 2. The molecule has 1 aromatic rings. The van der Waals surface area contributed by atoms with Gasteiger partial charge in [-0.1, -0.05) is 58.6 Å². The fourth-order valence-electron chi connectivity index (χ4n) is 2.06. The molecular formula is C15H26ClN3. The van der Waals surface area contributed by atoms with Gasteiger partial charge in [0.05, 0.1) is 0 Å². The lowest BCUT2D eigenvalue weighted by molar-refractivity contribution is 0.562. The summed E-state index contributed by atoms with van der Waals surface area (Å²) in [4.78, 5) is 8.82. The largest absolute Gasteiger partial charge is 0.367 e. The van der Waals surface area contributed by atoms with Crippen molar-refractivity contribution in [2.24, 2.45) is 0 Å². The summed E-state index contributed by atoms with van der Waals surface area (Å²) in [5.41, 5.74) is 0. The van der Waals surface area contributed by atoms with Crippen molar-refractivity contribution in [3.8, 4) is 0 Å². The summed E-state index contributed by atoms with van der Waals surface area (Å²) in [5.74, 6) is 1.96. The molecule has 0 aliphatic heterocycles. The molecule has 1 heterocycles. The van der Waals surface area contributed by atoms with E-state index >= 15 is 0 Å². The number of halogens is 1. The molecule has 0 aromatic carbocycles. The van der Waals surface area contributed by atoms with Crippen molar-refractivity contribution in [2.75, 3.05) is 5.32 Å². The lowest BCUT2D eigenvalue weighted by atomic mass is 10.1. The standard InChI is InChI=1S/C15H26ClN3/c1-5-7-9-12(8-6-2)17-14-10-13(16)18-15(19-14)11(3)4/h10-12H,5-9H2,1-4H3,(H,17,18,19). The van der Waals surface area contributed by atoms with Crippen molar-refractivity contribution >= 4 is 17.4 Å². The number of hydrogen-bond donors (Lipinski definition) is 1. The van der Waals surface area contributed by atoms with Crippen molar-refractivity contribution in [3.63, 3.8) is 0 Å². The molecule has 0 bridgehead atoms. The van der Waals surface area contributed by atoms with Crippen LogP contribution < -0.4 is 5.32 Å². The molecule has 1 atom stereocenters. The van der Waals surface area contributed by atoms with Gasteiger partial charge >= 0.3 is 0 Å². The van der Waals surface area contributed by atoms with E-state index in [0.717, 1.165) is 11.6 Å². The van der Waals surface area contributed by atoms with E-state index in [9.17, 15) is 0 Å². The Hall–Kier alpha value is -0.830. The van der Waals surface area contributed by atoms with Gasteiger partial charge in [0.25, 0.3) is 0 Å². The minimum Gasteiger partial charge on any atom is -0.367 e. The van der Waals surface area contributed by atoms with Crippen LogP contribution in [0.25, 0.3) is 0 Å². The molecule has 1 N–H and O–H groups in total. The zero-order valence-electron chi connectivity index (χ0n) is 12.5. The van der Waals surface area contributed by atoms with E-state index in [0.29, 0.717) is 17.1 Å². The van der Waals surface area contributed by atoms with Crippen LogP contribution in [0.1, 0.15) is 71.5 Å². The third kappa shape index (κ3) is 5.77. The monoisotopic (exact) mass is 283 g/mol. The lowest BCUT2D eigenvalue weighted by Crippen LogP contribution is -2.20. The quantitative estimate of drug-likeness (QED) is 0.680. The highest BCUT2D eigenvalue weighted by Crippen LogP contribution is 2.19. The predicted octanol–water partition coefficient (Wildman–Crippen LogP) is 5.02. The van der Waals surface area contributed by atoms with Crippen molar-refractivity contribution in [1.82, 2.24) is 9.97 Å². The molecule has 0 amide bonds. The second-order valence-corrected chi connectivity index (χ2v) is 5.75. The molecule has 0 saturated carbocycles. The molecular weight excluding hydrogens is 258 g/mol. The second-order valence-electron chi connectivity index (χ2n) is 5.36. The Labute approximate surface area is 122 Å². The Kier molecular flexibility index (Phi) is 7.14. The number of rotatable bonds is 8. The fraction of sp³-hybridized carbons (Fsp3) is 0.733. The van der Waals surface area contributed by atoms with Crippen LogP contribution in [-0.2, 0) is 0 Å². The molecule has 19 heavy (non-hydrogen) atoms. The van der Waals surface area contributed by atoms with Gasteiger partial charge in [0, 0.05) is 18.0 Å². The Morgan fingerprint density at radius 1 is 1.16 bits per heavy atom. The van der Waals surface area contributed by atoms with Crippen LogP contribution in [0.4, 0.5) is 5.82 Å². The molecule has 0 aliphatic carbocycles. The molecule has 1 unspecified atom stereocenters. The van der Waals surface area contributed by atoms with E-state index < -0.39 is 0 Å². The van der Waals surface area contributed by atoms with Gasteiger partial charge in [-0.2, -0.15) is 0 Å². The summed E-state index contributed by atoms with van der Waals surface area (Å²) < 4.78 is 0. The number of nitrogens with one attached hydrogen (secondary N) is 1. The maximum absolute atomic E-state index is 6.07. The first kappa shape index (κ1) is 16.2. The average molecular weight is 284 g/mol. The van der Waals surface area contributed by atoms with Crippen molar-refractivity contribution < 1.29 is 0 Å². The van der Waals surface area contributed by atoms with Crippen LogP contribution in [-0.4, -0.2) is 16.0 Å². The SMILES string of the molecule is CCCCC(CCC)Nc1cc(Cl)nc(C(C)C)n1. The smallest absolute Gasteiger partial charge is 0.135 e. The molecule has 0 fully saturated rings. The summed E-state index contributed by atoms with van der Waals surface area (Å²) in [6, 6.07) is 2.30. The molecule has 0 aliphatic rings. The Balaban J connectivity index is 2.77. The van der Waals surface area contributed by atoms with E-state index in [-0.39, 0.29) is 0 Å². The zero-order chi connectivity index (χ0) is 14.3. The highest BCUT2D eigenvalue weighted by atomic mass is 35.5. The van der Waals surface area contributed by atoms with Gasteiger partial charge in [-0.3, -0.25) is 0 Å². The van der Waals surface area contributed by atoms with Crippen LogP contribution in [0, 0.1) is 0 Å². The number of aromatic nitrogens is 2. The average Bonchev–Trinajstić information content (AvgIpc) is 2.35. The van der Waals surface area contributed by atoms with Crippen LogP contribution in [0.5, 0.6) is 0 Å². The zero-order valence-corrected chi connectivity index (χ0v) is 13.3. The maximum atomic E-state index is 6.07. The van der Waals surface area contributed by atoms with Gasteiger partial charge in [-0.05, 0) is 12.8 Å². The van der Waals surface area contributed by atoms with Gasteiger partial charge < -0.3 is 5.32 Å². The summed E-state index contributed by atoms with van der Waals surface area (Å²) in [7, 11) is 0. The first-order valence-electron chi connectivity index (χ1n) is 7.37. The van der Waals surface area contributed by atoms with Gasteiger partial charge in [0.15, 0.2) is 0 Å². The maximum Gasteiger partial charge on any atom is 0.135 e. The third-order valence-electron chi connectivity index (χ3n) is 3.12. The van der Waals surface area contributed by atoms with Crippen molar-refractivity contribution in [3.05, 3.63) is 17.0 Å². The van der Waals surface area contributed by atoms with Crippen LogP contribution in [0.2, 0.25) is 5.15 Å². The van der Waals surface area contributed by atoms with Crippen LogP contribution in [0.3, 0.4) is 0 Å². The molecule has 1 aromatic heterocycles. The summed E-state index contributed by atoms with van der Waals surface area (Å²) in [5, 5.41) is 4.04. The normalized spacial score (nSPS) is 12.7. The Morgan fingerprint density at radius 2 is 1.89 bits per heavy atom.